The fraction of sp³-hybridized carbons (Fsp3) is 0. The summed E-state index contributed by atoms with van der Waals surface area (Å²) < 4.78 is 9.89. The highest BCUT2D eigenvalue weighted by Gasteiger charge is 2.22. The van der Waals surface area contributed by atoms with E-state index in [1.165, 1.54) is 78.6 Å². The first-order chi connectivity index (χ1) is 49.5. The van der Waals surface area contributed by atoms with Gasteiger partial charge in [-0.05, 0) is 101 Å². The normalized spacial score (nSPS) is 11.6. The third-order valence-corrected chi connectivity index (χ3v) is 21.0. The SMILES string of the molecule is c1ccc(-c2nc(-c3ccccc3)nc(-c3cc(-n4c5ccccc5c5ccc(-c6ccc7sc8ccccc8c7c6)cc54)ccn3)n2)cc1.c1ccc(-c2nc(-c3ccccc3)nc(-c3cnccc3-n3c4ccccc4c4ccc(-c5ccc6sc7ccccc7c6c5)cc43)n2)cc1. The molecule has 0 aliphatic carbocycles. The molecular formula is C88H54N10S2. The van der Waals surface area contributed by atoms with Crippen molar-refractivity contribution in [2.75, 3.05) is 0 Å². The Labute approximate surface area is 581 Å². The molecule has 12 aromatic carbocycles. The molecule has 20 rings (SSSR count). The van der Waals surface area contributed by atoms with Gasteiger partial charge in [-0.3, -0.25) is 9.97 Å². The lowest BCUT2D eigenvalue weighted by Crippen LogP contribution is -2.04. The lowest BCUT2D eigenvalue weighted by Gasteiger charge is -2.14. The van der Waals surface area contributed by atoms with E-state index in [2.05, 4.69) is 202 Å². The quantitative estimate of drug-likeness (QED) is 0.133. The standard InChI is InChI=1S/2C44H27N5S/c1-3-11-28(12-4-1)42-46-43(29-13-5-2-6-14-29)48-44(47-42)37-27-32(23-24-45-37)49-38-17-9-7-15-33(38)34-21-19-31(26-39(34)49)30-20-22-41-36(25-30)35-16-8-10-18-40(35)50-41;1-3-11-28(12-4-1)42-46-43(29-13-5-2-6-14-29)48-44(47-42)36-27-45-24-23-38(36)49-37-17-9-7-15-32(37)33-21-19-31(26-39(33)49)30-20-22-41-35(25-30)34-16-8-10-18-40(34)50-41/h2*1-27H. The van der Waals surface area contributed by atoms with E-state index in [-0.39, 0.29) is 0 Å². The summed E-state index contributed by atoms with van der Waals surface area (Å²) in [5.41, 5.74) is 16.3. The van der Waals surface area contributed by atoms with Crippen LogP contribution in [0.25, 0.3) is 186 Å². The molecule has 0 amide bonds. The van der Waals surface area contributed by atoms with E-state index >= 15 is 0 Å². The summed E-state index contributed by atoms with van der Waals surface area (Å²) in [6.45, 7) is 0. The van der Waals surface area contributed by atoms with Crippen molar-refractivity contribution in [2.24, 2.45) is 0 Å². The van der Waals surface area contributed by atoms with Gasteiger partial charge in [0.05, 0.1) is 33.3 Å². The second kappa shape index (κ2) is 24.6. The zero-order valence-corrected chi connectivity index (χ0v) is 55.1. The zero-order valence-electron chi connectivity index (χ0n) is 53.5. The van der Waals surface area contributed by atoms with Gasteiger partial charge >= 0.3 is 0 Å². The van der Waals surface area contributed by atoms with Crippen LogP contribution in [0.3, 0.4) is 0 Å². The molecule has 0 radical (unpaired) electrons. The Morgan fingerprint density at radius 3 is 1.12 bits per heavy atom. The van der Waals surface area contributed by atoms with E-state index < -0.39 is 0 Å². The number of hydrogen-bond donors (Lipinski definition) is 0. The minimum absolute atomic E-state index is 0.525. The van der Waals surface area contributed by atoms with Gasteiger partial charge in [-0.15, -0.1) is 22.7 Å². The predicted molar refractivity (Wildman–Crippen MR) is 413 cm³/mol. The fourth-order valence-electron chi connectivity index (χ4n) is 13.9. The van der Waals surface area contributed by atoms with Crippen LogP contribution in [0.15, 0.2) is 328 Å². The van der Waals surface area contributed by atoms with Gasteiger partial charge in [-0.1, -0.05) is 231 Å². The molecule has 10 nitrogen and oxygen atoms in total. The summed E-state index contributed by atoms with van der Waals surface area (Å²) >= 11 is 3.69. The van der Waals surface area contributed by atoms with Gasteiger partial charge in [-0.25, -0.2) is 29.9 Å². The summed E-state index contributed by atoms with van der Waals surface area (Å²) in [6, 6.07) is 108. The maximum Gasteiger partial charge on any atom is 0.182 e. The first-order valence-corrected chi connectivity index (χ1v) is 34.7. The van der Waals surface area contributed by atoms with Gasteiger partial charge in [0, 0.05) is 108 Å². The molecule has 0 atom stereocenters. The largest absolute Gasteiger partial charge is 0.309 e. The first-order valence-electron chi connectivity index (χ1n) is 33.1. The van der Waals surface area contributed by atoms with Crippen LogP contribution in [-0.4, -0.2) is 49.0 Å². The minimum Gasteiger partial charge on any atom is -0.309 e. The van der Waals surface area contributed by atoms with E-state index in [4.69, 9.17) is 34.9 Å². The van der Waals surface area contributed by atoms with Gasteiger partial charge in [0.25, 0.3) is 0 Å². The van der Waals surface area contributed by atoms with Crippen LogP contribution in [0.4, 0.5) is 0 Å². The van der Waals surface area contributed by atoms with E-state index in [1.54, 1.807) is 0 Å². The van der Waals surface area contributed by atoms with Crippen molar-refractivity contribution in [3.63, 3.8) is 0 Å². The van der Waals surface area contributed by atoms with E-state index in [0.717, 1.165) is 66.8 Å². The van der Waals surface area contributed by atoms with Crippen LogP contribution in [0.5, 0.6) is 0 Å². The third kappa shape index (κ3) is 10.4. The molecule has 0 spiro atoms. The van der Waals surface area contributed by atoms with Crippen molar-refractivity contribution in [1.82, 2.24) is 49.0 Å². The van der Waals surface area contributed by atoms with Gasteiger partial charge in [0.1, 0.15) is 5.69 Å². The summed E-state index contributed by atoms with van der Waals surface area (Å²) in [7, 11) is 0. The maximum absolute atomic E-state index is 5.07. The average molecular weight is 1320 g/mol. The molecule has 0 aliphatic rings. The molecule has 468 valence electrons. The molecule has 20 aromatic rings. The number of rotatable bonds is 10. The highest BCUT2D eigenvalue weighted by molar-refractivity contribution is 7.26. The molecular weight excluding hydrogens is 1260 g/mol. The third-order valence-electron chi connectivity index (χ3n) is 18.7. The van der Waals surface area contributed by atoms with Crippen LogP contribution in [-0.2, 0) is 0 Å². The van der Waals surface area contributed by atoms with Crippen molar-refractivity contribution >= 4 is 107 Å². The number of benzene rings is 12. The van der Waals surface area contributed by atoms with Crippen molar-refractivity contribution in [2.45, 2.75) is 0 Å². The minimum atomic E-state index is 0.525. The number of aromatic nitrogens is 10. The van der Waals surface area contributed by atoms with Crippen LogP contribution in [0.2, 0.25) is 0 Å². The molecule has 100 heavy (non-hydrogen) atoms. The highest BCUT2D eigenvalue weighted by Crippen LogP contribution is 2.43. The van der Waals surface area contributed by atoms with Crippen LogP contribution in [0, 0.1) is 0 Å². The summed E-state index contributed by atoms with van der Waals surface area (Å²) in [6.07, 6.45) is 5.56. The zero-order chi connectivity index (χ0) is 66.0. The maximum atomic E-state index is 5.07. The average Bonchev–Trinajstić information content (AvgIpc) is 1.58. The summed E-state index contributed by atoms with van der Waals surface area (Å²) in [5, 5.41) is 9.95. The molecule has 8 heterocycles. The Morgan fingerprint density at radius 2 is 0.620 bits per heavy atom. The molecule has 0 saturated carbocycles. The second-order valence-corrected chi connectivity index (χ2v) is 26.8. The Balaban J connectivity index is 0.000000139. The van der Waals surface area contributed by atoms with Crippen molar-refractivity contribution in [3.05, 3.63) is 328 Å². The van der Waals surface area contributed by atoms with E-state index in [9.17, 15) is 0 Å². The predicted octanol–water partition coefficient (Wildman–Crippen LogP) is 22.8. The van der Waals surface area contributed by atoms with Gasteiger partial charge in [0.15, 0.2) is 34.9 Å². The van der Waals surface area contributed by atoms with Crippen molar-refractivity contribution in [1.29, 1.82) is 0 Å². The fourth-order valence-corrected chi connectivity index (χ4v) is 16.1. The Bertz CT molecular complexity index is 6430. The molecule has 8 aromatic heterocycles. The summed E-state index contributed by atoms with van der Waals surface area (Å²) in [4.78, 5) is 39.2. The van der Waals surface area contributed by atoms with Crippen LogP contribution < -0.4 is 0 Å². The Hall–Kier alpha value is -13.0. The molecule has 0 fully saturated rings. The number of fused-ring (bicyclic) bond motifs is 12. The molecule has 0 saturated heterocycles. The monoisotopic (exact) mass is 1310 g/mol. The van der Waals surface area contributed by atoms with Crippen LogP contribution >= 0.6 is 22.7 Å². The molecule has 0 unspecified atom stereocenters. The van der Waals surface area contributed by atoms with Gasteiger partial charge < -0.3 is 9.13 Å². The smallest absolute Gasteiger partial charge is 0.182 e. The lowest BCUT2D eigenvalue weighted by atomic mass is 10.0. The second-order valence-electron chi connectivity index (χ2n) is 24.7. The topological polar surface area (TPSA) is 113 Å². The van der Waals surface area contributed by atoms with Crippen LogP contribution in [0.1, 0.15) is 0 Å². The first kappa shape index (κ1) is 58.4. The Morgan fingerprint density at radius 1 is 0.240 bits per heavy atom. The van der Waals surface area contributed by atoms with Gasteiger partial charge in [0.2, 0.25) is 0 Å². The molecule has 12 heteroatoms. The number of thiophene rings is 2. The summed E-state index contributed by atoms with van der Waals surface area (Å²) in [5.74, 6) is 3.54. The van der Waals surface area contributed by atoms with Gasteiger partial charge in [-0.2, -0.15) is 0 Å². The number of nitrogens with zero attached hydrogens (tertiary/aromatic N) is 10. The van der Waals surface area contributed by atoms with Crippen molar-refractivity contribution in [3.8, 4) is 102 Å². The molecule has 0 aliphatic heterocycles. The van der Waals surface area contributed by atoms with Crippen molar-refractivity contribution < 1.29 is 0 Å². The molecule has 0 bridgehead atoms. The number of para-hydroxylation sites is 2. The number of hydrogen-bond acceptors (Lipinski definition) is 10. The van der Waals surface area contributed by atoms with E-state index in [0.29, 0.717) is 40.6 Å². The molecule has 0 N–H and O–H groups in total. The highest BCUT2D eigenvalue weighted by atomic mass is 32.1. The van der Waals surface area contributed by atoms with E-state index in [1.807, 2.05) is 163 Å². The lowest BCUT2D eigenvalue weighted by molar-refractivity contribution is 1.05. The Kier molecular flexibility index (Phi) is 14.3. The number of pyridine rings is 2.